The summed E-state index contributed by atoms with van der Waals surface area (Å²) in [6.07, 6.45) is 0. The van der Waals surface area contributed by atoms with E-state index in [2.05, 4.69) is 234 Å². The molecule has 0 aliphatic heterocycles. The van der Waals surface area contributed by atoms with Crippen molar-refractivity contribution in [1.82, 2.24) is 4.57 Å². The van der Waals surface area contributed by atoms with Gasteiger partial charge in [0.05, 0.1) is 11.0 Å². The number of nitrogens with one attached hydrogen (secondary N) is 1. The van der Waals surface area contributed by atoms with E-state index in [0.717, 1.165) is 28.2 Å². The summed E-state index contributed by atoms with van der Waals surface area (Å²) in [5, 5.41) is 6.25. The molecule has 1 N–H and O–H groups in total. The van der Waals surface area contributed by atoms with E-state index < -0.39 is 0 Å². The lowest BCUT2D eigenvalue weighted by Crippen LogP contribution is -1.95. The second kappa shape index (κ2) is 14.4. The third kappa shape index (κ3) is 6.34. The second-order valence-electron chi connectivity index (χ2n) is 14.3. The lowest BCUT2D eigenvalue weighted by molar-refractivity contribution is 1.18. The maximum Gasteiger partial charge on any atom is 0.0541 e. The van der Waals surface area contributed by atoms with Gasteiger partial charge in [-0.25, -0.2) is 0 Å². The molecule has 2 heteroatoms. The maximum absolute atomic E-state index is 3.75. The molecule has 0 atom stereocenters. The zero-order chi connectivity index (χ0) is 37.3. The van der Waals surface area contributed by atoms with Gasteiger partial charge in [0.25, 0.3) is 0 Å². The van der Waals surface area contributed by atoms with E-state index in [9.17, 15) is 0 Å². The Morgan fingerprint density at radius 1 is 0.286 bits per heavy atom. The van der Waals surface area contributed by atoms with Crippen LogP contribution in [0.5, 0.6) is 0 Å². The maximum atomic E-state index is 3.75. The minimum atomic E-state index is 1.05. The minimum absolute atomic E-state index is 1.05. The Kier molecular flexibility index (Phi) is 8.55. The lowest BCUT2D eigenvalue weighted by Gasteiger charge is -2.15. The van der Waals surface area contributed by atoms with Crippen molar-refractivity contribution in [3.8, 4) is 61.3 Å². The van der Waals surface area contributed by atoms with Crippen molar-refractivity contribution < 1.29 is 0 Å². The van der Waals surface area contributed by atoms with Crippen LogP contribution in [-0.4, -0.2) is 4.57 Å². The smallest absolute Gasteiger partial charge is 0.0541 e. The van der Waals surface area contributed by atoms with Gasteiger partial charge < -0.3 is 9.88 Å². The molecular formula is C54H38N2. The third-order valence-corrected chi connectivity index (χ3v) is 10.8. The number of hydrogen-bond donors (Lipinski definition) is 1. The topological polar surface area (TPSA) is 17.0 Å². The molecule has 0 aliphatic carbocycles. The van der Waals surface area contributed by atoms with Crippen LogP contribution in [0.15, 0.2) is 224 Å². The summed E-state index contributed by atoms with van der Waals surface area (Å²) >= 11 is 0. The van der Waals surface area contributed by atoms with Crippen LogP contribution in [-0.2, 0) is 0 Å². The van der Waals surface area contributed by atoms with Crippen molar-refractivity contribution in [3.05, 3.63) is 224 Å². The van der Waals surface area contributed by atoms with Crippen LogP contribution >= 0.6 is 0 Å². The van der Waals surface area contributed by atoms with Crippen LogP contribution in [0.2, 0.25) is 0 Å². The molecule has 264 valence electrons. The quantitative estimate of drug-likeness (QED) is 0.166. The normalized spacial score (nSPS) is 11.2. The van der Waals surface area contributed by atoms with Crippen molar-refractivity contribution in [2.45, 2.75) is 0 Å². The van der Waals surface area contributed by atoms with E-state index in [-0.39, 0.29) is 0 Å². The van der Waals surface area contributed by atoms with E-state index >= 15 is 0 Å². The molecule has 10 aromatic rings. The van der Waals surface area contributed by atoms with Gasteiger partial charge in [0, 0.05) is 33.4 Å². The van der Waals surface area contributed by atoms with Crippen LogP contribution in [0.1, 0.15) is 0 Å². The van der Waals surface area contributed by atoms with Crippen molar-refractivity contribution in [2.75, 3.05) is 5.32 Å². The largest absolute Gasteiger partial charge is 0.355 e. The standard InChI is InChI=1S/C54H38N2/c1-4-12-38(13-5-1)40-24-30-47(31-25-40)55-52-37-46(28-34-49(52)44-16-8-3-9-17-44)43-22-20-42(21-23-43)45-29-35-54-51(36-45)50-18-10-11-19-53(50)56(54)48-32-26-41(27-33-48)39-14-6-2-7-15-39/h1-37,55H. The predicted molar refractivity (Wildman–Crippen MR) is 238 cm³/mol. The molecule has 1 aromatic heterocycles. The van der Waals surface area contributed by atoms with Crippen LogP contribution in [0, 0.1) is 0 Å². The summed E-state index contributed by atoms with van der Waals surface area (Å²) in [5.74, 6) is 0. The third-order valence-electron chi connectivity index (χ3n) is 10.8. The highest BCUT2D eigenvalue weighted by molar-refractivity contribution is 6.10. The van der Waals surface area contributed by atoms with Gasteiger partial charge in [0.15, 0.2) is 0 Å². The molecular weight excluding hydrogens is 677 g/mol. The number of anilines is 2. The molecule has 0 spiro atoms. The molecule has 2 nitrogen and oxygen atoms in total. The van der Waals surface area contributed by atoms with Crippen LogP contribution in [0.3, 0.4) is 0 Å². The fourth-order valence-corrected chi connectivity index (χ4v) is 7.95. The summed E-state index contributed by atoms with van der Waals surface area (Å²) in [6, 6.07) is 80.6. The lowest BCUT2D eigenvalue weighted by atomic mass is 9.96. The average Bonchev–Trinajstić information content (AvgIpc) is 3.61. The van der Waals surface area contributed by atoms with Crippen LogP contribution in [0.25, 0.3) is 83.1 Å². The summed E-state index contributed by atoms with van der Waals surface area (Å²) < 4.78 is 2.38. The fourth-order valence-electron chi connectivity index (χ4n) is 7.95. The highest BCUT2D eigenvalue weighted by Crippen LogP contribution is 2.38. The predicted octanol–water partition coefficient (Wildman–Crippen LogP) is 14.9. The number of hydrogen-bond acceptors (Lipinski definition) is 1. The van der Waals surface area contributed by atoms with Crippen molar-refractivity contribution in [1.29, 1.82) is 0 Å². The van der Waals surface area contributed by atoms with Gasteiger partial charge in [0.2, 0.25) is 0 Å². The number of benzene rings is 9. The highest BCUT2D eigenvalue weighted by Gasteiger charge is 2.14. The Hall–Kier alpha value is -7.42. The molecule has 0 bridgehead atoms. The number of rotatable bonds is 8. The van der Waals surface area contributed by atoms with Gasteiger partial charge >= 0.3 is 0 Å². The Bertz CT molecular complexity index is 2930. The summed E-state index contributed by atoms with van der Waals surface area (Å²) in [4.78, 5) is 0. The molecule has 56 heavy (non-hydrogen) atoms. The first-order valence-electron chi connectivity index (χ1n) is 19.2. The van der Waals surface area contributed by atoms with E-state index in [1.54, 1.807) is 0 Å². The Labute approximate surface area is 327 Å². The van der Waals surface area contributed by atoms with Gasteiger partial charge in [-0.2, -0.15) is 0 Å². The molecule has 0 unspecified atom stereocenters. The number of aromatic nitrogens is 1. The van der Waals surface area contributed by atoms with Gasteiger partial charge in [0.1, 0.15) is 0 Å². The Morgan fingerprint density at radius 3 is 1.34 bits per heavy atom. The molecule has 0 fully saturated rings. The molecule has 10 rings (SSSR count). The SMILES string of the molecule is c1ccc(-c2ccc(Nc3cc(-c4ccc(-c5ccc6c(c5)c5ccccc5n6-c5ccc(-c6ccccc6)cc5)cc4)ccc3-c3ccccc3)cc2)cc1. The minimum Gasteiger partial charge on any atom is -0.355 e. The molecule has 0 radical (unpaired) electrons. The second-order valence-corrected chi connectivity index (χ2v) is 14.3. The molecule has 1 heterocycles. The van der Waals surface area contributed by atoms with E-state index in [0.29, 0.717) is 0 Å². The summed E-state index contributed by atoms with van der Waals surface area (Å²) in [7, 11) is 0. The molecule has 0 saturated carbocycles. The first-order valence-corrected chi connectivity index (χ1v) is 19.2. The average molecular weight is 715 g/mol. The van der Waals surface area contributed by atoms with Gasteiger partial charge in [-0.05, 0) is 98.6 Å². The number of nitrogens with zero attached hydrogens (tertiary/aromatic N) is 1. The molecule has 9 aromatic carbocycles. The summed E-state index contributed by atoms with van der Waals surface area (Å²) in [6.45, 7) is 0. The van der Waals surface area contributed by atoms with Crippen LogP contribution in [0.4, 0.5) is 11.4 Å². The van der Waals surface area contributed by atoms with Gasteiger partial charge in [-0.1, -0.05) is 176 Å². The van der Waals surface area contributed by atoms with Gasteiger partial charge in [-0.3, -0.25) is 0 Å². The van der Waals surface area contributed by atoms with E-state index in [4.69, 9.17) is 0 Å². The van der Waals surface area contributed by atoms with E-state index in [1.165, 1.54) is 66.3 Å². The van der Waals surface area contributed by atoms with Crippen LogP contribution < -0.4 is 5.32 Å². The molecule has 0 amide bonds. The first kappa shape index (κ1) is 33.2. The van der Waals surface area contributed by atoms with Gasteiger partial charge in [-0.15, -0.1) is 0 Å². The van der Waals surface area contributed by atoms with Crippen molar-refractivity contribution in [2.24, 2.45) is 0 Å². The van der Waals surface area contributed by atoms with Crippen molar-refractivity contribution >= 4 is 33.2 Å². The number of fused-ring (bicyclic) bond motifs is 3. The highest BCUT2D eigenvalue weighted by atomic mass is 15.0. The molecule has 0 aliphatic rings. The Balaban J connectivity index is 0.966. The number of para-hydroxylation sites is 1. The monoisotopic (exact) mass is 714 g/mol. The first-order chi connectivity index (χ1) is 27.7. The fraction of sp³-hybridized carbons (Fsp3) is 0. The zero-order valence-electron chi connectivity index (χ0n) is 30.8. The van der Waals surface area contributed by atoms with E-state index in [1.807, 2.05) is 0 Å². The molecule has 0 saturated heterocycles. The van der Waals surface area contributed by atoms with Crippen molar-refractivity contribution in [3.63, 3.8) is 0 Å². The zero-order valence-corrected chi connectivity index (χ0v) is 30.8. The Morgan fingerprint density at radius 2 is 0.714 bits per heavy atom. The summed E-state index contributed by atoms with van der Waals surface area (Å²) in [5.41, 5.74) is 17.6.